The number of unbranched alkanes of at least 4 members (excludes halogenated alkanes) is 1. The summed E-state index contributed by atoms with van der Waals surface area (Å²) in [6, 6.07) is 1.92. The van der Waals surface area contributed by atoms with Crippen molar-refractivity contribution >= 4 is 39.1 Å². The van der Waals surface area contributed by atoms with Crippen LogP contribution >= 0.6 is 27.5 Å². The van der Waals surface area contributed by atoms with Crippen molar-refractivity contribution in [3.05, 3.63) is 28.2 Å². The molecule has 1 rings (SSSR count). The summed E-state index contributed by atoms with van der Waals surface area (Å²) in [4.78, 5) is 11.4. The van der Waals surface area contributed by atoms with E-state index in [1.54, 1.807) is 0 Å². The number of carbonyl (C=O) groups is 1. The number of hydrogen-bond acceptors (Lipinski definition) is 1. The quantitative estimate of drug-likeness (QED) is 0.493. The van der Waals surface area contributed by atoms with Gasteiger partial charge in [0.25, 0.3) is 0 Å². The molecule has 94 valence electrons. The molecule has 1 amide bonds. The van der Waals surface area contributed by atoms with Crippen molar-refractivity contribution in [2.24, 2.45) is 0 Å². The molecule has 0 heterocycles. The number of alkyl halides is 1. The molecule has 0 aromatic heterocycles. The van der Waals surface area contributed by atoms with E-state index in [4.69, 9.17) is 11.6 Å². The molecule has 0 spiro atoms. The van der Waals surface area contributed by atoms with Gasteiger partial charge < -0.3 is 5.32 Å². The third-order valence-corrected chi connectivity index (χ3v) is 2.95. The Labute approximate surface area is 111 Å². The second-order valence-electron chi connectivity index (χ2n) is 3.44. The first-order valence-electron chi connectivity index (χ1n) is 5.05. The molecule has 0 radical (unpaired) electrons. The average Bonchev–Trinajstić information content (AvgIpc) is 2.26. The number of rotatable bonds is 5. The highest BCUT2D eigenvalue weighted by atomic mass is 79.9. The first-order chi connectivity index (χ1) is 8.04. The molecule has 6 heteroatoms. The Morgan fingerprint density at radius 2 is 2.00 bits per heavy atom. The fourth-order valence-corrected chi connectivity index (χ4v) is 1.72. The normalized spacial score (nSPS) is 10.4. The zero-order valence-electron chi connectivity index (χ0n) is 8.90. The summed E-state index contributed by atoms with van der Waals surface area (Å²) >= 11 is 8.32. The molecule has 17 heavy (non-hydrogen) atoms. The first kappa shape index (κ1) is 14.4. The molecule has 0 aliphatic heterocycles. The van der Waals surface area contributed by atoms with Gasteiger partial charge >= 0.3 is 0 Å². The van der Waals surface area contributed by atoms with E-state index in [0.29, 0.717) is 18.7 Å². The third kappa shape index (κ3) is 4.60. The maximum Gasteiger partial charge on any atom is 0.224 e. The van der Waals surface area contributed by atoms with Crippen LogP contribution < -0.4 is 5.32 Å². The van der Waals surface area contributed by atoms with E-state index in [-0.39, 0.29) is 22.5 Å². The zero-order valence-corrected chi connectivity index (χ0v) is 11.2. The molecule has 0 aliphatic rings. The number of anilines is 1. The minimum absolute atomic E-state index is 0.0233. The van der Waals surface area contributed by atoms with Gasteiger partial charge in [-0.2, -0.15) is 0 Å². The Balaban J connectivity index is 2.62. The van der Waals surface area contributed by atoms with Gasteiger partial charge in [-0.25, -0.2) is 8.78 Å². The summed E-state index contributed by atoms with van der Waals surface area (Å²) in [5, 5.41) is 2.32. The van der Waals surface area contributed by atoms with Crippen molar-refractivity contribution in [2.45, 2.75) is 19.3 Å². The molecule has 2 nitrogen and oxygen atoms in total. The van der Waals surface area contributed by atoms with Crippen LogP contribution in [-0.4, -0.2) is 11.8 Å². The number of halogens is 4. The minimum Gasteiger partial charge on any atom is -0.324 e. The van der Waals surface area contributed by atoms with Gasteiger partial charge in [0, 0.05) is 18.4 Å². The molecule has 0 bridgehead atoms. The molecule has 0 unspecified atom stereocenters. The second-order valence-corrected chi connectivity index (χ2v) is 4.67. The van der Waals surface area contributed by atoms with E-state index in [9.17, 15) is 13.6 Å². The predicted molar refractivity (Wildman–Crippen MR) is 67.3 cm³/mol. The lowest BCUT2D eigenvalue weighted by atomic mass is 10.2. The number of amides is 1. The van der Waals surface area contributed by atoms with Crippen LogP contribution in [0.3, 0.4) is 0 Å². The van der Waals surface area contributed by atoms with Crippen LogP contribution in [0.4, 0.5) is 14.5 Å². The standard InChI is InChI=1S/C11H11BrClF2NO/c12-7-5-9(15)10(6-8(7)14)16-11(17)3-1-2-4-13/h5-6H,1-4H2,(H,16,17). The van der Waals surface area contributed by atoms with Crippen LogP contribution in [0.1, 0.15) is 19.3 Å². The molecular formula is C11H11BrClF2NO. The van der Waals surface area contributed by atoms with Crippen LogP contribution in [0.5, 0.6) is 0 Å². The molecule has 1 aromatic carbocycles. The van der Waals surface area contributed by atoms with Gasteiger partial charge in [-0.3, -0.25) is 4.79 Å². The Morgan fingerprint density at radius 3 is 2.65 bits per heavy atom. The summed E-state index contributed by atoms with van der Waals surface area (Å²) in [6.07, 6.45) is 1.58. The maximum atomic E-state index is 13.3. The number of nitrogens with one attached hydrogen (secondary N) is 1. The highest BCUT2D eigenvalue weighted by Gasteiger charge is 2.10. The number of carbonyl (C=O) groups excluding carboxylic acids is 1. The van der Waals surface area contributed by atoms with Gasteiger partial charge in [-0.1, -0.05) is 0 Å². The molecule has 1 N–H and O–H groups in total. The van der Waals surface area contributed by atoms with Crippen molar-refractivity contribution in [1.29, 1.82) is 0 Å². The number of benzene rings is 1. The smallest absolute Gasteiger partial charge is 0.224 e. The Bertz CT molecular complexity index is 415. The van der Waals surface area contributed by atoms with Crippen molar-refractivity contribution in [3.8, 4) is 0 Å². The highest BCUT2D eigenvalue weighted by molar-refractivity contribution is 9.10. The van der Waals surface area contributed by atoms with Gasteiger partial charge in [0.05, 0.1) is 10.2 Å². The first-order valence-corrected chi connectivity index (χ1v) is 6.37. The van der Waals surface area contributed by atoms with Crippen LogP contribution in [0.2, 0.25) is 0 Å². The summed E-state index contributed by atoms with van der Waals surface area (Å²) in [6.45, 7) is 0. The van der Waals surface area contributed by atoms with Crippen LogP contribution in [0.25, 0.3) is 0 Å². The maximum absolute atomic E-state index is 13.3. The topological polar surface area (TPSA) is 29.1 Å². The fraction of sp³-hybridized carbons (Fsp3) is 0.364. The SMILES string of the molecule is O=C(CCCCCl)Nc1cc(F)c(Br)cc1F. The summed E-state index contributed by atoms with van der Waals surface area (Å²) < 4.78 is 26.5. The Morgan fingerprint density at radius 1 is 1.29 bits per heavy atom. The molecule has 0 saturated heterocycles. The number of hydrogen-bond donors (Lipinski definition) is 1. The summed E-state index contributed by atoms with van der Waals surface area (Å²) in [5.41, 5.74) is -0.151. The van der Waals surface area contributed by atoms with E-state index < -0.39 is 11.6 Å². The second kappa shape index (κ2) is 6.91. The Kier molecular flexibility index (Phi) is 5.85. The van der Waals surface area contributed by atoms with Gasteiger partial charge in [0.15, 0.2) is 0 Å². The minimum atomic E-state index is -0.677. The fourth-order valence-electron chi connectivity index (χ4n) is 1.21. The van der Waals surface area contributed by atoms with E-state index in [1.807, 2.05) is 0 Å². The largest absolute Gasteiger partial charge is 0.324 e. The summed E-state index contributed by atoms with van der Waals surface area (Å²) in [7, 11) is 0. The lowest BCUT2D eigenvalue weighted by Gasteiger charge is -2.07. The Hall–Kier alpha value is -0.680. The van der Waals surface area contributed by atoms with Gasteiger partial charge in [0.1, 0.15) is 11.6 Å². The van der Waals surface area contributed by atoms with E-state index in [2.05, 4.69) is 21.2 Å². The molecule has 1 aromatic rings. The van der Waals surface area contributed by atoms with E-state index in [0.717, 1.165) is 12.1 Å². The zero-order chi connectivity index (χ0) is 12.8. The van der Waals surface area contributed by atoms with Gasteiger partial charge in [-0.15, -0.1) is 11.6 Å². The van der Waals surface area contributed by atoms with Crippen molar-refractivity contribution < 1.29 is 13.6 Å². The van der Waals surface area contributed by atoms with Crippen molar-refractivity contribution in [2.75, 3.05) is 11.2 Å². The molecular weight excluding hydrogens is 315 g/mol. The molecule has 0 atom stereocenters. The lowest BCUT2D eigenvalue weighted by molar-refractivity contribution is -0.116. The molecule has 0 saturated carbocycles. The van der Waals surface area contributed by atoms with Gasteiger partial charge in [0.2, 0.25) is 5.91 Å². The van der Waals surface area contributed by atoms with Crippen molar-refractivity contribution in [3.63, 3.8) is 0 Å². The highest BCUT2D eigenvalue weighted by Crippen LogP contribution is 2.23. The average molecular weight is 327 g/mol. The van der Waals surface area contributed by atoms with E-state index in [1.165, 1.54) is 0 Å². The van der Waals surface area contributed by atoms with E-state index >= 15 is 0 Å². The van der Waals surface area contributed by atoms with Gasteiger partial charge in [-0.05, 0) is 34.8 Å². The van der Waals surface area contributed by atoms with Crippen molar-refractivity contribution in [1.82, 2.24) is 0 Å². The molecule has 0 aliphatic carbocycles. The van der Waals surface area contributed by atoms with Crippen LogP contribution in [-0.2, 0) is 4.79 Å². The molecule has 0 fully saturated rings. The third-order valence-electron chi connectivity index (χ3n) is 2.07. The monoisotopic (exact) mass is 325 g/mol. The van der Waals surface area contributed by atoms with Crippen LogP contribution in [0.15, 0.2) is 16.6 Å². The predicted octanol–water partition coefficient (Wildman–Crippen LogP) is 4.07. The van der Waals surface area contributed by atoms with Crippen LogP contribution in [0, 0.1) is 11.6 Å². The summed E-state index contributed by atoms with van der Waals surface area (Å²) in [5.74, 6) is -1.17. The lowest BCUT2D eigenvalue weighted by Crippen LogP contribution is -2.12.